The van der Waals surface area contributed by atoms with Crippen molar-refractivity contribution in [2.24, 2.45) is 4.99 Å². The van der Waals surface area contributed by atoms with E-state index in [9.17, 15) is 4.79 Å². The standard InChI is InChI=1S/C19H28N4OS/c1-15(2)12-20-18(21-13-17(24)23(3)4)22-14-19(10-11-19)25-16-8-6-5-7-9-16/h5-9H,1,10-14H2,2-4H3,(H2,20,21,22). The Morgan fingerprint density at radius 2 is 1.96 bits per heavy atom. The Morgan fingerprint density at radius 1 is 1.28 bits per heavy atom. The molecule has 136 valence electrons. The summed E-state index contributed by atoms with van der Waals surface area (Å²) in [6.07, 6.45) is 2.37. The molecule has 25 heavy (non-hydrogen) atoms. The molecular formula is C19H28N4OS. The number of thioether (sulfide) groups is 1. The molecule has 1 aromatic rings. The van der Waals surface area contributed by atoms with Crippen molar-refractivity contribution in [2.75, 3.05) is 33.7 Å². The van der Waals surface area contributed by atoms with Gasteiger partial charge < -0.3 is 15.5 Å². The predicted octanol–water partition coefficient (Wildman–Crippen LogP) is 2.51. The van der Waals surface area contributed by atoms with E-state index in [1.807, 2.05) is 24.8 Å². The summed E-state index contributed by atoms with van der Waals surface area (Å²) in [4.78, 5) is 19.0. The van der Waals surface area contributed by atoms with Crippen LogP contribution in [0.4, 0.5) is 0 Å². The molecular weight excluding hydrogens is 332 g/mol. The number of carbonyl (C=O) groups excluding carboxylic acids is 1. The van der Waals surface area contributed by atoms with Crippen LogP contribution in [-0.2, 0) is 4.79 Å². The van der Waals surface area contributed by atoms with Gasteiger partial charge in [-0.2, -0.15) is 0 Å². The van der Waals surface area contributed by atoms with E-state index >= 15 is 0 Å². The highest BCUT2D eigenvalue weighted by Crippen LogP contribution is 2.51. The van der Waals surface area contributed by atoms with Crippen molar-refractivity contribution in [2.45, 2.75) is 29.4 Å². The first-order valence-electron chi connectivity index (χ1n) is 8.51. The zero-order valence-electron chi connectivity index (χ0n) is 15.3. The fourth-order valence-corrected chi connectivity index (χ4v) is 3.38. The van der Waals surface area contributed by atoms with Crippen molar-refractivity contribution in [3.05, 3.63) is 42.5 Å². The summed E-state index contributed by atoms with van der Waals surface area (Å²) in [5, 5.41) is 6.64. The Morgan fingerprint density at radius 3 is 2.52 bits per heavy atom. The average molecular weight is 361 g/mol. The summed E-state index contributed by atoms with van der Waals surface area (Å²) < 4.78 is 0.221. The van der Waals surface area contributed by atoms with Crippen LogP contribution in [0.5, 0.6) is 0 Å². The predicted molar refractivity (Wildman–Crippen MR) is 106 cm³/mol. The van der Waals surface area contributed by atoms with E-state index in [2.05, 4.69) is 46.5 Å². The topological polar surface area (TPSA) is 56.7 Å². The summed E-state index contributed by atoms with van der Waals surface area (Å²) in [6.45, 7) is 7.46. The smallest absolute Gasteiger partial charge is 0.243 e. The van der Waals surface area contributed by atoms with E-state index in [4.69, 9.17) is 0 Å². The van der Waals surface area contributed by atoms with Gasteiger partial charge in [0, 0.05) is 36.8 Å². The van der Waals surface area contributed by atoms with E-state index < -0.39 is 0 Å². The number of benzene rings is 1. The second-order valence-electron chi connectivity index (χ2n) is 6.72. The first-order valence-corrected chi connectivity index (χ1v) is 9.33. The highest BCUT2D eigenvalue weighted by Gasteiger charge is 2.43. The van der Waals surface area contributed by atoms with Crippen LogP contribution in [0.15, 0.2) is 52.4 Å². The maximum Gasteiger partial charge on any atom is 0.243 e. The van der Waals surface area contributed by atoms with Crippen LogP contribution in [0.25, 0.3) is 0 Å². The van der Waals surface area contributed by atoms with E-state index in [0.29, 0.717) is 12.5 Å². The maximum atomic E-state index is 11.8. The van der Waals surface area contributed by atoms with Gasteiger partial charge in [-0.1, -0.05) is 30.4 Å². The van der Waals surface area contributed by atoms with E-state index in [1.54, 1.807) is 19.0 Å². The van der Waals surface area contributed by atoms with Crippen LogP contribution in [-0.4, -0.2) is 55.2 Å². The number of hydrogen-bond acceptors (Lipinski definition) is 3. The van der Waals surface area contributed by atoms with Crippen molar-refractivity contribution in [3.8, 4) is 0 Å². The molecule has 0 saturated heterocycles. The van der Waals surface area contributed by atoms with Gasteiger partial charge in [0.05, 0.1) is 0 Å². The Hall–Kier alpha value is -1.95. The SMILES string of the molecule is C=C(C)CNC(=NCC(=O)N(C)C)NCC1(Sc2ccccc2)CC1. The Balaban J connectivity index is 1.92. The lowest BCUT2D eigenvalue weighted by Crippen LogP contribution is -2.42. The Labute approximate surface area is 155 Å². The van der Waals surface area contributed by atoms with Crippen molar-refractivity contribution >= 4 is 23.6 Å². The van der Waals surface area contributed by atoms with Gasteiger partial charge in [-0.05, 0) is 31.9 Å². The maximum absolute atomic E-state index is 11.8. The van der Waals surface area contributed by atoms with E-state index in [0.717, 1.165) is 12.1 Å². The van der Waals surface area contributed by atoms with Crippen LogP contribution in [0.1, 0.15) is 19.8 Å². The monoisotopic (exact) mass is 360 g/mol. The van der Waals surface area contributed by atoms with E-state index in [1.165, 1.54) is 17.7 Å². The number of likely N-dealkylation sites (N-methyl/N-ethyl adjacent to an activating group) is 1. The molecule has 1 fully saturated rings. The largest absolute Gasteiger partial charge is 0.355 e. The van der Waals surface area contributed by atoms with Crippen molar-refractivity contribution in [1.82, 2.24) is 15.5 Å². The third-order valence-corrected chi connectivity index (χ3v) is 5.39. The number of nitrogens with zero attached hydrogens (tertiary/aromatic N) is 2. The van der Waals surface area contributed by atoms with Crippen molar-refractivity contribution in [1.29, 1.82) is 0 Å². The minimum atomic E-state index is -0.0174. The molecule has 0 aliphatic heterocycles. The lowest BCUT2D eigenvalue weighted by atomic mass is 10.3. The minimum Gasteiger partial charge on any atom is -0.355 e. The van der Waals surface area contributed by atoms with Gasteiger partial charge in [-0.25, -0.2) is 4.99 Å². The van der Waals surface area contributed by atoms with Gasteiger partial charge >= 0.3 is 0 Å². The molecule has 1 saturated carbocycles. The van der Waals surface area contributed by atoms with Gasteiger partial charge in [-0.15, -0.1) is 11.8 Å². The Kier molecular flexibility index (Phi) is 6.93. The summed E-state index contributed by atoms with van der Waals surface area (Å²) in [7, 11) is 3.48. The molecule has 2 N–H and O–H groups in total. The number of aliphatic imine (C=N–C) groups is 1. The molecule has 0 spiro atoms. The van der Waals surface area contributed by atoms with Crippen LogP contribution in [0, 0.1) is 0 Å². The first-order chi connectivity index (χ1) is 11.9. The quantitative estimate of drug-likeness (QED) is 0.425. The first kappa shape index (κ1) is 19.4. The molecule has 1 aliphatic carbocycles. The molecule has 0 atom stereocenters. The van der Waals surface area contributed by atoms with Gasteiger partial charge in [0.2, 0.25) is 5.91 Å². The minimum absolute atomic E-state index is 0.0174. The fraction of sp³-hybridized carbons (Fsp3) is 0.474. The summed E-state index contributed by atoms with van der Waals surface area (Å²) in [5.74, 6) is 0.648. The number of hydrogen-bond donors (Lipinski definition) is 2. The van der Waals surface area contributed by atoms with Crippen molar-refractivity contribution < 1.29 is 4.79 Å². The summed E-state index contributed by atoms with van der Waals surface area (Å²) >= 11 is 1.91. The lowest BCUT2D eigenvalue weighted by molar-refractivity contribution is -0.127. The van der Waals surface area contributed by atoms with Gasteiger partial charge in [0.15, 0.2) is 5.96 Å². The third kappa shape index (κ3) is 6.82. The number of rotatable bonds is 8. The lowest BCUT2D eigenvalue weighted by Gasteiger charge is -2.19. The van der Waals surface area contributed by atoms with E-state index in [-0.39, 0.29) is 17.2 Å². The second-order valence-corrected chi connectivity index (χ2v) is 8.26. The van der Waals surface area contributed by atoms with Gasteiger partial charge in [0.25, 0.3) is 0 Å². The van der Waals surface area contributed by atoms with Crippen LogP contribution < -0.4 is 10.6 Å². The summed E-state index contributed by atoms with van der Waals surface area (Å²) in [5.41, 5.74) is 1.02. The number of guanidine groups is 1. The number of nitrogens with one attached hydrogen (secondary N) is 2. The highest BCUT2D eigenvalue weighted by molar-refractivity contribution is 8.01. The second kappa shape index (κ2) is 8.94. The normalized spacial score (nSPS) is 15.4. The number of carbonyl (C=O) groups is 1. The van der Waals surface area contributed by atoms with Crippen LogP contribution >= 0.6 is 11.8 Å². The van der Waals surface area contributed by atoms with Crippen LogP contribution in [0.2, 0.25) is 0 Å². The molecule has 0 unspecified atom stereocenters. The summed E-state index contributed by atoms with van der Waals surface area (Å²) in [6, 6.07) is 10.5. The van der Waals surface area contributed by atoms with Gasteiger partial charge in [-0.3, -0.25) is 4.79 Å². The zero-order chi connectivity index (χ0) is 18.3. The van der Waals surface area contributed by atoms with Gasteiger partial charge in [0.1, 0.15) is 6.54 Å². The molecule has 6 heteroatoms. The third-order valence-electron chi connectivity index (χ3n) is 3.89. The Bertz CT molecular complexity index is 624. The average Bonchev–Trinajstić information content (AvgIpc) is 3.34. The van der Waals surface area contributed by atoms with Crippen molar-refractivity contribution in [3.63, 3.8) is 0 Å². The molecule has 2 rings (SSSR count). The molecule has 1 aliphatic rings. The molecule has 0 heterocycles. The fourth-order valence-electron chi connectivity index (χ4n) is 2.13. The molecule has 0 aromatic heterocycles. The molecule has 0 bridgehead atoms. The molecule has 0 radical (unpaired) electrons. The highest BCUT2D eigenvalue weighted by atomic mass is 32.2. The molecule has 1 amide bonds. The number of amides is 1. The molecule has 5 nitrogen and oxygen atoms in total. The van der Waals surface area contributed by atoms with Crippen LogP contribution in [0.3, 0.4) is 0 Å². The zero-order valence-corrected chi connectivity index (χ0v) is 16.2. The molecule has 1 aromatic carbocycles.